The number of carbonyl (C=O) groups excluding carboxylic acids is 1. The average Bonchev–Trinajstić information content (AvgIpc) is 2.48. The summed E-state index contributed by atoms with van der Waals surface area (Å²) in [5, 5.41) is 8.67. The highest BCUT2D eigenvalue weighted by molar-refractivity contribution is 7.92. The Hall–Kier alpha value is -2.45. The third kappa shape index (κ3) is 3.11. The van der Waals surface area contributed by atoms with Gasteiger partial charge in [0, 0.05) is 5.56 Å². The number of Topliss-reactive ketones (excluding diaryl/α,β-unsaturated/α-hetero) is 1. The molecule has 0 aliphatic carbocycles. The third-order valence-electron chi connectivity index (χ3n) is 2.76. The number of nitrogens with zero attached hydrogens (tertiary/aromatic N) is 1. The van der Waals surface area contributed by atoms with E-state index < -0.39 is 21.4 Å². The second-order valence-electron chi connectivity index (χ2n) is 4.18. The van der Waals surface area contributed by atoms with Crippen molar-refractivity contribution in [1.82, 2.24) is 0 Å². The molecular weight excluding hydrogens is 274 g/mol. The number of ketones is 1. The summed E-state index contributed by atoms with van der Waals surface area (Å²) in [6, 6.07) is 15.7. The van der Waals surface area contributed by atoms with Gasteiger partial charge in [0.2, 0.25) is 0 Å². The third-order valence-corrected chi connectivity index (χ3v) is 4.39. The molecule has 0 fully saturated rings. The predicted molar refractivity (Wildman–Crippen MR) is 74.0 cm³/mol. The quantitative estimate of drug-likeness (QED) is 0.807. The van der Waals surface area contributed by atoms with Gasteiger partial charge >= 0.3 is 0 Å². The van der Waals surface area contributed by atoms with Crippen molar-refractivity contribution in [2.24, 2.45) is 0 Å². The molecule has 0 bridgehead atoms. The minimum absolute atomic E-state index is 0.127. The summed E-state index contributed by atoms with van der Waals surface area (Å²) in [7, 11) is -3.64. The van der Waals surface area contributed by atoms with Gasteiger partial charge < -0.3 is 0 Å². The van der Waals surface area contributed by atoms with Gasteiger partial charge in [-0.25, -0.2) is 8.42 Å². The van der Waals surface area contributed by atoms with Crippen LogP contribution in [0, 0.1) is 11.3 Å². The Morgan fingerprint density at radius 3 is 2.15 bits per heavy atom. The molecule has 0 radical (unpaired) electrons. The smallest absolute Gasteiger partial charge is 0.185 e. The van der Waals surface area contributed by atoms with Gasteiger partial charge in [0.05, 0.1) is 16.5 Å². The van der Waals surface area contributed by atoms with Gasteiger partial charge in [-0.3, -0.25) is 4.79 Å². The fourth-order valence-corrected chi connectivity index (χ4v) is 2.95. The van der Waals surface area contributed by atoms with E-state index in [1.807, 2.05) is 6.07 Å². The first kappa shape index (κ1) is 14.0. The van der Waals surface area contributed by atoms with E-state index in [1.165, 1.54) is 36.4 Å². The molecule has 0 amide bonds. The van der Waals surface area contributed by atoms with Crippen LogP contribution in [0.5, 0.6) is 0 Å². The largest absolute Gasteiger partial charge is 0.293 e. The zero-order valence-corrected chi connectivity index (χ0v) is 11.3. The number of sulfone groups is 1. The molecule has 0 saturated carbocycles. The first-order valence-corrected chi connectivity index (χ1v) is 7.49. The minimum Gasteiger partial charge on any atom is -0.293 e. The monoisotopic (exact) mass is 285 g/mol. The van der Waals surface area contributed by atoms with Crippen LogP contribution in [0.2, 0.25) is 0 Å². The first-order chi connectivity index (χ1) is 9.53. The molecule has 2 aromatic rings. The van der Waals surface area contributed by atoms with Crippen LogP contribution in [0.15, 0.2) is 59.5 Å². The second kappa shape index (κ2) is 5.68. The van der Waals surface area contributed by atoms with Gasteiger partial charge in [-0.05, 0) is 24.3 Å². The highest BCUT2D eigenvalue weighted by atomic mass is 32.2. The topological polar surface area (TPSA) is 75.0 Å². The lowest BCUT2D eigenvalue weighted by Gasteiger charge is -2.04. The highest BCUT2D eigenvalue weighted by Crippen LogP contribution is 2.13. The van der Waals surface area contributed by atoms with Crippen molar-refractivity contribution in [3.8, 4) is 6.07 Å². The Bertz CT molecular complexity index is 757. The summed E-state index contributed by atoms with van der Waals surface area (Å²) in [4.78, 5) is 12.1. The average molecular weight is 285 g/mol. The van der Waals surface area contributed by atoms with E-state index in [2.05, 4.69) is 0 Å². The normalized spacial score (nSPS) is 10.8. The molecule has 0 aliphatic heterocycles. The fraction of sp³-hybridized carbons (Fsp3) is 0.0667. The molecule has 2 rings (SSSR count). The molecule has 0 aromatic heterocycles. The molecule has 5 heteroatoms. The Morgan fingerprint density at radius 2 is 1.60 bits per heavy atom. The van der Waals surface area contributed by atoms with Crippen molar-refractivity contribution in [3.63, 3.8) is 0 Å². The van der Waals surface area contributed by atoms with Crippen molar-refractivity contribution in [1.29, 1.82) is 5.26 Å². The van der Waals surface area contributed by atoms with E-state index in [0.717, 1.165) is 0 Å². The molecule has 0 aliphatic rings. The standard InChI is InChI=1S/C15H11NO3S/c16-10-12-6-8-13(9-7-12)15(17)11-20(18,19)14-4-2-1-3-5-14/h1-9H,11H2. The number of hydrogen-bond acceptors (Lipinski definition) is 4. The van der Waals surface area contributed by atoms with Gasteiger partial charge in [0.1, 0.15) is 5.75 Å². The number of nitriles is 1. The molecule has 0 spiro atoms. The molecule has 0 heterocycles. The first-order valence-electron chi connectivity index (χ1n) is 5.84. The fourth-order valence-electron chi connectivity index (χ4n) is 1.70. The predicted octanol–water partition coefficient (Wildman–Crippen LogP) is 2.21. The highest BCUT2D eigenvalue weighted by Gasteiger charge is 2.19. The van der Waals surface area contributed by atoms with Crippen LogP contribution >= 0.6 is 0 Å². The Labute approximate surface area is 117 Å². The number of rotatable bonds is 4. The van der Waals surface area contributed by atoms with Gasteiger partial charge in [-0.15, -0.1) is 0 Å². The molecule has 0 N–H and O–H groups in total. The molecule has 4 nitrogen and oxygen atoms in total. The van der Waals surface area contributed by atoms with Crippen molar-refractivity contribution < 1.29 is 13.2 Å². The summed E-state index contributed by atoms with van der Waals surface area (Å²) in [5.41, 5.74) is 0.705. The van der Waals surface area contributed by atoms with Crippen molar-refractivity contribution in [3.05, 3.63) is 65.7 Å². The zero-order valence-electron chi connectivity index (χ0n) is 10.5. The number of benzene rings is 2. The van der Waals surface area contributed by atoms with E-state index >= 15 is 0 Å². The summed E-state index contributed by atoms with van der Waals surface area (Å²) < 4.78 is 24.1. The molecular formula is C15H11NO3S. The summed E-state index contributed by atoms with van der Waals surface area (Å²) in [6.07, 6.45) is 0. The Kier molecular flexibility index (Phi) is 3.97. The van der Waals surface area contributed by atoms with Crippen molar-refractivity contribution in [2.75, 3.05) is 5.75 Å². The lowest BCUT2D eigenvalue weighted by atomic mass is 10.1. The summed E-state index contributed by atoms with van der Waals surface area (Å²) >= 11 is 0. The van der Waals surface area contributed by atoms with Crippen molar-refractivity contribution >= 4 is 15.6 Å². The zero-order chi connectivity index (χ0) is 14.6. The van der Waals surface area contributed by atoms with Crippen LogP contribution in [0.25, 0.3) is 0 Å². The van der Waals surface area contributed by atoms with Gasteiger partial charge in [-0.2, -0.15) is 5.26 Å². The Morgan fingerprint density at radius 1 is 1.00 bits per heavy atom. The van der Waals surface area contributed by atoms with Gasteiger partial charge in [0.15, 0.2) is 15.6 Å². The molecule has 0 unspecified atom stereocenters. The maximum atomic E-state index is 12.1. The van der Waals surface area contributed by atoms with Crippen LogP contribution in [0.4, 0.5) is 0 Å². The molecule has 20 heavy (non-hydrogen) atoms. The summed E-state index contributed by atoms with van der Waals surface area (Å²) in [6.45, 7) is 0. The maximum absolute atomic E-state index is 12.1. The number of hydrogen-bond donors (Lipinski definition) is 0. The molecule has 0 atom stereocenters. The molecule has 100 valence electrons. The van der Waals surface area contributed by atoms with Crippen molar-refractivity contribution in [2.45, 2.75) is 4.90 Å². The Balaban J connectivity index is 2.21. The van der Waals surface area contributed by atoms with E-state index in [1.54, 1.807) is 18.2 Å². The lowest BCUT2D eigenvalue weighted by Crippen LogP contribution is -2.16. The van der Waals surface area contributed by atoms with Crippen LogP contribution in [-0.2, 0) is 9.84 Å². The van der Waals surface area contributed by atoms with E-state index in [9.17, 15) is 13.2 Å². The van der Waals surface area contributed by atoms with Crippen LogP contribution in [0.1, 0.15) is 15.9 Å². The molecule has 0 saturated heterocycles. The van der Waals surface area contributed by atoms with E-state index in [-0.39, 0.29) is 10.5 Å². The van der Waals surface area contributed by atoms with Crippen LogP contribution in [-0.4, -0.2) is 20.0 Å². The SMILES string of the molecule is N#Cc1ccc(C(=O)CS(=O)(=O)c2ccccc2)cc1. The van der Waals surface area contributed by atoms with E-state index in [4.69, 9.17) is 5.26 Å². The van der Waals surface area contributed by atoms with Crippen LogP contribution in [0.3, 0.4) is 0 Å². The maximum Gasteiger partial charge on any atom is 0.185 e. The van der Waals surface area contributed by atoms with Gasteiger partial charge in [0.25, 0.3) is 0 Å². The minimum atomic E-state index is -3.64. The lowest BCUT2D eigenvalue weighted by molar-refractivity contribution is 0.102. The van der Waals surface area contributed by atoms with Crippen LogP contribution < -0.4 is 0 Å². The second-order valence-corrected chi connectivity index (χ2v) is 6.17. The van der Waals surface area contributed by atoms with Gasteiger partial charge in [-0.1, -0.05) is 30.3 Å². The van der Waals surface area contributed by atoms with E-state index in [0.29, 0.717) is 5.56 Å². The summed E-state index contributed by atoms with van der Waals surface area (Å²) in [5.74, 6) is -1.07. The molecule has 2 aromatic carbocycles. The number of carbonyl (C=O) groups is 1.